The summed E-state index contributed by atoms with van der Waals surface area (Å²) < 4.78 is 32.2. The van der Waals surface area contributed by atoms with Gasteiger partial charge in [-0.3, -0.25) is 9.55 Å². The molecule has 1 aliphatic rings. The van der Waals surface area contributed by atoms with Crippen molar-refractivity contribution in [3.8, 4) is 12.3 Å². The molecular weight excluding hydrogens is 310 g/mol. The average molecular weight is 320 g/mol. The summed E-state index contributed by atoms with van der Waals surface area (Å²) in [5.74, 6) is -2.47. The lowest BCUT2D eigenvalue weighted by Gasteiger charge is -2.26. The van der Waals surface area contributed by atoms with Crippen molar-refractivity contribution >= 4 is 12.2 Å². The number of H-pyrrole nitrogens is 1. The summed E-state index contributed by atoms with van der Waals surface area (Å²) in [5.41, 5.74) is -3.75. The van der Waals surface area contributed by atoms with E-state index in [2.05, 4.69) is 17.0 Å². The van der Waals surface area contributed by atoms with E-state index in [0.717, 1.165) is 0 Å². The number of nitrogens with zero attached hydrogens (tertiary/aromatic N) is 1. The molecule has 1 aliphatic heterocycles. The first kappa shape index (κ1) is 15.7. The van der Waals surface area contributed by atoms with Crippen molar-refractivity contribution in [2.45, 2.75) is 23.8 Å². The van der Waals surface area contributed by atoms with Crippen molar-refractivity contribution in [1.82, 2.24) is 9.55 Å². The standard InChI is InChI=1S/C11H10F2N2O5S/c1-2-10(19)7(17)11(13,4-16)20-8(10)15-3-5(12)6(21)14-9(15)18/h1,3,7-8,16-17,19H,4H2,(H,14,18,21)/t7?,8-,10-,11-/m1/s1. The Morgan fingerprint density at radius 2 is 2.29 bits per heavy atom. The maximum Gasteiger partial charge on any atom is 0.328 e. The van der Waals surface area contributed by atoms with E-state index in [1.54, 1.807) is 5.92 Å². The highest BCUT2D eigenvalue weighted by Gasteiger charge is 2.64. The van der Waals surface area contributed by atoms with Crippen LogP contribution in [0.2, 0.25) is 0 Å². The fraction of sp³-hybridized carbons (Fsp3) is 0.455. The topological polar surface area (TPSA) is 108 Å². The molecule has 0 amide bonds. The first-order valence-corrected chi connectivity index (χ1v) is 5.97. The maximum absolute atomic E-state index is 14.1. The van der Waals surface area contributed by atoms with Gasteiger partial charge in [-0.15, -0.1) is 6.42 Å². The molecule has 7 nitrogen and oxygen atoms in total. The second-order valence-corrected chi connectivity index (χ2v) is 4.84. The van der Waals surface area contributed by atoms with Crippen LogP contribution in [0.25, 0.3) is 0 Å². The van der Waals surface area contributed by atoms with Crippen LogP contribution in [0.1, 0.15) is 6.23 Å². The zero-order chi connectivity index (χ0) is 16.0. The number of hydrogen-bond donors (Lipinski definition) is 4. The number of aliphatic hydroxyl groups excluding tert-OH is 2. The molecule has 2 rings (SSSR count). The number of aliphatic hydroxyl groups is 3. The molecule has 0 bridgehead atoms. The summed E-state index contributed by atoms with van der Waals surface area (Å²) in [6.45, 7) is -1.34. The van der Waals surface area contributed by atoms with E-state index < -0.39 is 46.5 Å². The summed E-state index contributed by atoms with van der Waals surface area (Å²) in [5, 5.41) is 28.8. The average Bonchev–Trinajstić information content (AvgIpc) is 2.66. The molecule has 1 unspecified atom stereocenters. The molecule has 0 saturated carbocycles. The van der Waals surface area contributed by atoms with E-state index in [1.165, 1.54) is 0 Å². The Morgan fingerprint density at radius 1 is 1.67 bits per heavy atom. The van der Waals surface area contributed by atoms with Crippen molar-refractivity contribution in [2.24, 2.45) is 0 Å². The van der Waals surface area contributed by atoms with Gasteiger partial charge in [0.2, 0.25) is 5.60 Å². The lowest BCUT2D eigenvalue weighted by molar-refractivity contribution is -0.207. The molecule has 1 fully saturated rings. The largest absolute Gasteiger partial charge is 0.390 e. The molecule has 0 spiro atoms. The normalized spacial score (nSPS) is 35.6. The van der Waals surface area contributed by atoms with Crippen LogP contribution in [-0.2, 0) is 4.74 Å². The summed E-state index contributed by atoms with van der Waals surface area (Å²) >= 11 is 4.50. The van der Waals surface area contributed by atoms with Gasteiger partial charge in [0.1, 0.15) is 11.2 Å². The molecule has 21 heavy (non-hydrogen) atoms. The van der Waals surface area contributed by atoms with Crippen molar-refractivity contribution in [1.29, 1.82) is 0 Å². The Morgan fingerprint density at radius 3 is 2.81 bits per heavy atom. The Kier molecular flexibility index (Phi) is 3.73. The molecule has 4 atom stereocenters. The van der Waals surface area contributed by atoms with E-state index in [0.29, 0.717) is 10.8 Å². The molecule has 2 heterocycles. The monoisotopic (exact) mass is 320 g/mol. The highest BCUT2D eigenvalue weighted by molar-refractivity contribution is 7.71. The van der Waals surface area contributed by atoms with Crippen molar-refractivity contribution in [3.63, 3.8) is 0 Å². The van der Waals surface area contributed by atoms with Gasteiger partial charge in [0.05, 0.1) is 6.20 Å². The molecule has 1 aromatic heterocycles. The summed E-state index contributed by atoms with van der Waals surface area (Å²) in [7, 11) is 0. The Hall–Kier alpha value is -1.64. The second-order valence-electron chi connectivity index (χ2n) is 4.43. The third-order valence-corrected chi connectivity index (χ3v) is 3.43. The van der Waals surface area contributed by atoms with E-state index in [-0.39, 0.29) is 0 Å². The fourth-order valence-corrected chi connectivity index (χ4v) is 2.12. The van der Waals surface area contributed by atoms with Crippen LogP contribution in [0, 0.1) is 22.8 Å². The smallest absolute Gasteiger partial charge is 0.328 e. The number of terminal acetylenes is 1. The second kappa shape index (κ2) is 4.97. The lowest BCUT2D eigenvalue weighted by Crippen LogP contribution is -2.50. The number of alkyl halides is 1. The molecule has 4 N–H and O–H groups in total. The quantitative estimate of drug-likeness (QED) is 0.409. The number of aromatic nitrogens is 2. The van der Waals surface area contributed by atoms with Crippen molar-refractivity contribution in [2.75, 3.05) is 6.61 Å². The highest BCUT2D eigenvalue weighted by atomic mass is 32.1. The molecule has 1 aromatic rings. The molecule has 0 radical (unpaired) electrons. The van der Waals surface area contributed by atoms with E-state index in [9.17, 15) is 23.8 Å². The molecule has 114 valence electrons. The number of hydrogen-bond acceptors (Lipinski definition) is 6. The van der Waals surface area contributed by atoms with Crippen LogP contribution in [0.15, 0.2) is 11.0 Å². The first-order valence-electron chi connectivity index (χ1n) is 5.56. The van der Waals surface area contributed by atoms with E-state index in [1.807, 2.05) is 4.98 Å². The number of rotatable bonds is 2. The van der Waals surface area contributed by atoms with Crippen LogP contribution < -0.4 is 5.69 Å². The van der Waals surface area contributed by atoms with Gasteiger partial charge in [0.25, 0.3) is 5.85 Å². The Bertz CT molecular complexity index is 729. The summed E-state index contributed by atoms with van der Waals surface area (Å²) in [6, 6.07) is 0. The first-order chi connectivity index (χ1) is 9.69. The summed E-state index contributed by atoms with van der Waals surface area (Å²) in [4.78, 5) is 13.7. The molecular formula is C11H10F2N2O5S. The van der Waals surface area contributed by atoms with Crippen molar-refractivity contribution < 1.29 is 28.8 Å². The third kappa shape index (κ3) is 2.19. The minimum atomic E-state index is -3.12. The minimum Gasteiger partial charge on any atom is -0.390 e. The number of nitrogens with one attached hydrogen (secondary N) is 1. The van der Waals surface area contributed by atoms with Crippen LogP contribution in [0.5, 0.6) is 0 Å². The van der Waals surface area contributed by atoms with Crippen LogP contribution in [-0.4, -0.2) is 49.0 Å². The third-order valence-electron chi connectivity index (χ3n) is 3.13. The fourth-order valence-electron chi connectivity index (χ4n) is 1.98. The van der Waals surface area contributed by atoms with Gasteiger partial charge in [0, 0.05) is 0 Å². The zero-order valence-corrected chi connectivity index (χ0v) is 11.1. The van der Waals surface area contributed by atoms with Gasteiger partial charge in [-0.1, -0.05) is 18.1 Å². The molecule has 10 heteroatoms. The zero-order valence-electron chi connectivity index (χ0n) is 10.3. The van der Waals surface area contributed by atoms with Gasteiger partial charge < -0.3 is 20.1 Å². The van der Waals surface area contributed by atoms with E-state index in [4.69, 9.17) is 11.5 Å². The SMILES string of the molecule is C#C[C@@]1(O)C(O)[C@@](F)(CO)O[C@H]1n1cc(F)c(=S)[nH]c1=O. The van der Waals surface area contributed by atoms with Gasteiger partial charge in [-0.05, 0) is 0 Å². The van der Waals surface area contributed by atoms with Crippen LogP contribution in [0.4, 0.5) is 8.78 Å². The number of aromatic amines is 1. The maximum atomic E-state index is 14.1. The molecule has 0 aliphatic carbocycles. The van der Waals surface area contributed by atoms with Crippen LogP contribution in [0.3, 0.4) is 0 Å². The predicted molar refractivity (Wildman–Crippen MR) is 66.7 cm³/mol. The summed E-state index contributed by atoms with van der Waals surface area (Å²) in [6.07, 6.45) is 1.27. The van der Waals surface area contributed by atoms with Gasteiger partial charge in [0.15, 0.2) is 18.1 Å². The molecule has 0 aromatic carbocycles. The number of halogens is 2. The highest BCUT2D eigenvalue weighted by Crippen LogP contribution is 2.44. The van der Waals surface area contributed by atoms with Crippen LogP contribution >= 0.6 is 12.2 Å². The van der Waals surface area contributed by atoms with Gasteiger partial charge >= 0.3 is 5.69 Å². The number of ether oxygens (including phenoxy) is 1. The van der Waals surface area contributed by atoms with Crippen molar-refractivity contribution in [3.05, 3.63) is 27.1 Å². The lowest BCUT2D eigenvalue weighted by atomic mass is 9.94. The van der Waals surface area contributed by atoms with E-state index >= 15 is 0 Å². The van der Waals surface area contributed by atoms with Gasteiger partial charge in [-0.2, -0.15) is 0 Å². The minimum absolute atomic E-state index is 0.408. The Labute approximate surface area is 121 Å². The van der Waals surface area contributed by atoms with Gasteiger partial charge in [-0.25, -0.2) is 13.6 Å². The Balaban J connectivity index is 2.64. The predicted octanol–water partition coefficient (Wildman–Crippen LogP) is -1.04. The molecule has 1 saturated heterocycles.